The van der Waals surface area contributed by atoms with Gasteiger partial charge in [0, 0.05) is 12.1 Å². The van der Waals surface area contributed by atoms with Gasteiger partial charge in [-0.3, -0.25) is 0 Å². The number of alkyl halides is 3. The van der Waals surface area contributed by atoms with Crippen molar-refractivity contribution in [1.82, 2.24) is 0 Å². The Labute approximate surface area is 200 Å². The molecule has 0 aliphatic heterocycles. The van der Waals surface area contributed by atoms with Gasteiger partial charge in [-0.2, -0.15) is 13.2 Å². The summed E-state index contributed by atoms with van der Waals surface area (Å²) in [5, 5.41) is 0. The van der Waals surface area contributed by atoms with Gasteiger partial charge in [0.1, 0.15) is 28.8 Å². The number of fused-ring (bicyclic) bond motifs is 1. The van der Waals surface area contributed by atoms with Gasteiger partial charge in [0.2, 0.25) is 0 Å². The lowest BCUT2D eigenvalue weighted by molar-refractivity contribution is -0.142. The molecule has 8 heteroatoms. The standard InChI is InChI=1S/C27H26F6O2/c1-2-3-15-4-5-17-11-18(7-6-16(17)10-15)21-9-8-19(12-22(21)28)26(34)35-20-13-23(29)25(24(30)14-20)27(31,32)33/h2-3,8-9,12-18H,4-7,10-11H2,1H3/b3-2+. The van der Waals surface area contributed by atoms with Gasteiger partial charge in [-0.15, -0.1) is 0 Å². The molecule has 0 N–H and O–H groups in total. The second kappa shape index (κ2) is 10.1. The molecule has 0 spiro atoms. The highest BCUT2D eigenvalue weighted by Crippen LogP contribution is 2.48. The molecule has 2 aliphatic carbocycles. The zero-order valence-electron chi connectivity index (χ0n) is 19.2. The van der Waals surface area contributed by atoms with E-state index in [1.165, 1.54) is 18.6 Å². The molecule has 0 saturated heterocycles. The summed E-state index contributed by atoms with van der Waals surface area (Å²) in [4.78, 5) is 12.4. The highest BCUT2D eigenvalue weighted by Gasteiger charge is 2.38. The van der Waals surface area contributed by atoms with Gasteiger partial charge in [0.15, 0.2) is 0 Å². The second-order valence-corrected chi connectivity index (χ2v) is 9.51. The van der Waals surface area contributed by atoms with Crippen LogP contribution >= 0.6 is 0 Å². The molecule has 4 unspecified atom stereocenters. The molecule has 188 valence electrons. The third kappa shape index (κ3) is 5.57. The minimum absolute atomic E-state index is 0.0395. The first-order chi connectivity index (χ1) is 16.6. The summed E-state index contributed by atoms with van der Waals surface area (Å²) in [6, 6.07) is 4.45. The van der Waals surface area contributed by atoms with Crippen LogP contribution in [0.3, 0.4) is 0 Å². The van der Waals surface area contributed by atoms with Crippen molar-refractivity contribution in [2.24, 2.45) is 17.8 Å². The zero-order chi connectivity index (χ0) is 25.3. The van der Waals surface area contributed by atoms with Crippen LogP contribution < -0.4 is 4.74 Å². The lowest BCUT2D eigenvalue weighted by Gasteiger charge is -2.41. The third-order valence-corrected chi connectivity index (χ3v) is 7.30. The van der Waals surface area contributed by atoms with E-state index in [2.05, 4.69) is 12.2 Å². The van der Waals surface area contributed by atoms with Crippen LogP contribution in [-0.4, -0.2) is 5.97 Å². The molecule has 0 amide bonds. The first-order valence-corrected chi connectivity index (χ1v) is 11.8. The Kier molecular flexibility index (Phi) is 7.29. The quantitative estimate of drug-likeness (QED) is 0.185. The van der Waals surface area contributed by atoms with Crippen LogP contribution in [0.15, 0.2) is 42.5 Å². The summed E-state index contributed by atoms with van der Waals surface area (Å²) in [5.41, 5.74) is -1.76. The van der Waals surface area contributed by atoms with Gasteiger partial charge in [-0.05, 0) is 86.8 Å². The van der Waals surface area contributed by atoms with E-state index >= 15 is 0 Å². The monoisotopic (exact) mass is 496 g/mol. The van der Waals surface area contributed by atoms with Gasteiger partial charge in [0.05, 0.1) is 5.56 Å². The summed E-state index contributed by atoms with van der Waals surface area (Å²) >= 11 is 0. The van der Waals surface area contributed by atoms with E-state index in [-0.39, 0.29) is 23.6 Å². The van der Waals surface area contributed by atoms with E-state index < -0.39 is 40.9 Å². The summed E-state index contributed by atoms with van der Waals surface area (Å²) in [6.07, 6.45) is 5.32. The highest BCUT2D eigenvalue weighted by molar-refractivity contribution is 5.91. The van der Waals surface area contributed by atoms with Gasteiger partial charge in [-0.1, -0.05) is 18.2 Å². The molecule has 0 heterocycles. The average molecular weight is 496 g/mol. The summed E-state index contributed by atoms with van der Waals surface area (Å²) < 4.78 is 85.4. The first-order valence-electron chi connectivity index (χ1n) is 11.8. The predicted molar refractivity (Wildman–Crippen MR) is 118 cm³/mol. The summed E-state index contributed by atoms with van der Waals surface area (Å²) in [7, 11) is 0. The Morgan fingerprint density at radius 3 is 2.20 bits per heavy atom. The minimum atomic E-state index is -5.24. The Morgan fingerprint density at radius 2 is 1.57 bits per heavy atom. The summed E-state index contributed by atoms with van der Waals surface area (Å²) in [6.45, 7) is 2.03. The normalized spacial score (nSPS) is 24.9. The van der Waals surface area contributed by atoms with Crippen LogP contribution in [0.4, 0.5) is 26.3 Å². The molecule has 2 nitrogen and oxygen atoms in total. The maximum absolute atomic E-state index is 15.0. The lowest BCUT2D eigenvalue weighted by atomic mass is 9.64. The fourth-order valence-electron chi connectivity index (χ4n) is 5.69. The Bertz CT molecular complexity index is 1100. The van der Waals surface area contributed by atoms with E-state index in [4.69, 9.17) is 4.74 Å². The molecule has 4 rings (SSSR count). The summed E-state index contributed by atoms with van der Waals surface area (Å²) in [5.74, 6) is -4.41. The third-order valence-electron chi connectivity index (χ3n) is 7.30. The van der Waals surface area contributed by atoms with Crippen molar-refractivity contribution in [3.63, 3.8) is 0 Å². The number of hydrogen-bond acceptors (Lipinski definition) is 2. The first kappa shape index (κ1) is 25.3. The lowest BCUT2D eigenvalue weighted by Crippen LogP contribution is -2.30. The van der Waals surface area contributed by atoms with Crippen LogP contribution in [0.5, 0.6) is 5.75 Å². The molecule has 2 aromatic carbocycles. The van der Waals surface area contributed by atoms with Crippen LogP contribution in [0.2, 0.25) is 0 Å². The number of allylic oxidation sites excluding steroid dienone is 2. The minimum Gasteiger partial charge on any atom is -0.423 e. The highest BCUT2D eigenvalue weighted by atomic mass is 19.4. The molecule has 2 aromatic rings. The number of esters is 1. The number of carbonyl (C=O) groups is 1. The van der Waals surface area contributed by atoms with E-state index in [0.29, 0.717) is 23.3 Å². The van der Waals surface area contributed by atoms with E-state index in [9.17, 15) is 31.1 Å². The van der Waals surface area contributed by atoms with Crippen LogP contribution in [0.25, 0.3) is 0 Å². The van der Waals surface area contributed by atoms with Crippen molar-refractivity contribution in [2.45, 2.75) is 57.5 Å². The average Bonchev–Trinajstić information content (AvgIpc) is 2.77. The smallest absolute Gasteiger partial charge is 0.422 e. The Balaban J connectivity index is 1.44. The number of halogens is 6. The second-order valence-electron chi connectivity index (χ2n) is 9.51. The number of ether oxygens (including phenoxy) is 1. The molecule has 2 saturated carbocycles. The molecule has 0 bridgehead atoms. The SMILES string of the molecule is C/C=C/C1CCC2CC(c3ccc(C(=O)Oc4cc(F)c(C(F)(F)F)c(F)c4)cc3F)CCC2C1. The van der Waals surface area contributed by atoms with Crippen molar-refractivity contribution < 1.29 is 35.9 Å². The topological polar surface area (TPSA) is 26.3 Å². The molecular weight excluding hydrogens is 470 g/mol. The largest absolute Gasteiger partial charge is 0.423 e. The van der Waals surface area contributed by atoms with Gasteiger partial charge < -0.3 is 4.74 Å². The van der Waals surface area contributed by atoms with Gasteiger partial charge >= 0.3 is 12.1 Å². The van der Waals surface area contributed by atoms with Crippen molar-refractivity contribution in [1.29, 1.82) is 0 Å². The molecule has 0 aromatic heterocycles. The number of benzene rings is 2. The van der Waals surface area contributed by atoms with E-state index in [0.717, 1.165) is 38.2 Å². The maximum atomic E-state index is 15.0. The molecule has 2 fully saturated rings. The molecule has 35 heavy (non-hydrogen) atoms. The molecule has 0 radical (unpaired) electrons. The Morgan fingerprint density at radius 1 is 0.914 bits per heavy atom. The molecule has 4 atom stereocenters. The van der Waals surface area contributed by atoms with E-state index in [1.54, 1.807) is 0 Å². The maximum Gasteiger partial charge on any atom is 0.422 e. The van der Waals surface area contributed by atoms with Crippen LogP contribution in [-0.2, 0) is 6.18 Å². The van der Waals surface area contributed by atoms with Crippen molar-refractivity contribution >= 4 is 5.97 Å². The number of rotatable bonds is 4. The van der Waals surface area contributed by atoms with Crippen molar-refractivity contribution in [2.75, 3.05) is 0 Å². The fraction of sp³-hybridized carbons (Fsp3) is 0.444. The van der Waals surface area contributed by atoms with Gasteiger partial charge in [0.25, 0.3) is 0 Å². The van der Waals surface area contributed by atoms with Crippen molar-refractivity contribution in [3.05, 3.63) is 76.6 Å². The fourth-order valence-corrected chi connectivity index (χ4v) is 5.69. The van der Waals surface area contributed by atoms with Crippen LogP contribution in [0, 0.1) is 35.2 Å². The molecule has 2 aliphatic rings. The molecular formula is C27H26F6O2. The van der Waals surface area contributed by atoms with Crippen molar-refractivity contribution in [3.8, 4) is 5.75 Å². The Hall–Kier alpha value is -2.77. The van der Waals surface area contributed by atoms with Crippen LogP contribution in [0.1, 0.15) is 72.9 Å². The number of hydrogen-bond donors (Lipinski definition) is 0. The van der Waals surface area contributed by atoms with E-state index in [1.807, 2.05) is 6.92 Å². The predicted octanol–water partition coefficient (Wildman–Crippen LogP) is 8.22. The van der Waals surface area contributed by atoms with Gasteiger partial charge in [-0.25, -0.2) is 18.0 Å². The zero-order valence-corrected chi connectivity index (χ0v) is 19.2. The number of carbonyl (C=O) groups excluding carboxylic acids is 1.